The number of carbonyl (C=O) groups excluding carboxylic acids is 1. The molecule has 0 atom stereocenters. The van der Waals surface area contributed by atoms with E-state index in [-0.39, 0.29) is 12.5 Å². The maximum Gasteiger partial charge on any atom is 0.244 e. The SMILES string of the molecule is Cc1cc(C)n(CC(=O)N(C)CCC(N)=S)n1. The second-order valence-electron chi connectivity index (χ2n) is 4.12. The van der Waals surface area contributed by atoms with Crippen LogP contribution in [0.3, 0.4) is 0 Å². The molecule has 6 heteroatoms. The highest BCUT2D eigenvalue weighted by molar-refractivity contribution is 7.80. The van der Waals surface area contributed by atoms with Crippen molar-refractivity contribution >= 4 is 23.1 Å². The van der Waals surface area contributed by atoms with Crippen molar-refractivity contribution < 1.29 is 4.79 Å². The minimum Gasteiger partial charge on any atom is -0.393 e. The molecule has 1 aromatic rings. The van der Waals surface area contributed by atoms with E-state index in [1.54, 1.807) is 16.6 Å². The molecule has 94 valence electrons. The number of carbonyl (C=O) groups is 1. The van der Waals surface area contributed by atoms with E-state index in [0.29, 0.717) is 18.0 Å². The summed E-state index contributed by atoms with van der Waals surface area (Å²) in [7, 11) is 1.74. The van der Waals surface area contributed by atoms with Gasteiger partial charge < -0.3 is 10.6 Å². The summed E-state index contributed by atoms with van der Waals surface area (Å²) in [5.74, 6) is 0.00690. The first-order valence-corrected chi connectivity index (χ1v) is 5.84. The number of thiocarbonyl (C=S) groups is 1. The van der Waals surface area contributed by atoms with E-state index < -0.39 is 0 Å². The second-order valence-corrected chi connectivity index (χ2v) is 4.64. The van der Waals surface area contributed by atoms with E-state index in [9.17, 15) is 4.79 Å². The average molecular weight is 254 g/mol. The smallest absolute Gasteiger partial charge is 0.244 e. The van der Waals surface area contributed by atoms with E-state index in [1.807, 2.05) is 19.9 Å². The number of likely N-dealkylation sites (N-methyl/N-ethyl adjacent to an activating group) is 1. The molecule has 0 aromatic carbocycles. The van der Waals surface area contributed by atoms with Crippen LogP contribution < -0.4 is 5.73 Å². The molecular weight excluding hydrogens is 236 g/mol. The quantitative estimate of drug-likeness (QED) is 0.783. The Morgan fingerprint density at radius 1 is 1.59 bits per heavy atom. The van der Waals surface area contributed by atoms with Crippen LogP contribution in [-0.2, 0) is 11.3 Å². The van der Waals surface area contributed by atoms with Crippen LogP contribution in [0.1, 0.15) is 17.8 Å². The van der Waals surface area contributed by atoms with Gasteiger partial charge in [-0.25, -0.2) is 0 Å². The average Bonchev–Trinajstić information content (AvgIpc) is 2.53. The van der Waals surface area contributed by atoms with Crippen molar-refractivity contribution in [1.82, 2.24) is 14.7 Å². The van der Waals surface area contributed by atoms with Crippen molar-refractivity contribution in [3.8, 4) is 0 Å². The molecule has 0 unspecified atom stereocenters. The van der Waals surface area contributed by atoms with Crippen molar-refractivity contribution in [2.24, 2.45) is 5.73 Å². The molecule has 1 aromatic heterocycles. The van der Waals surface area contributed by atoms with Gasteiger partial charge >= 0.3 is 0 Å². The van der Waals surface area contributed by atoms with Gasteiger partial charge in [-0.15, -0.1) is 0 Å². The van der Waals surface area contributed by atoms with E-state index in [4.69, 9.17) is 18.0 Å². The summed E-state index contributed by atoms with van der Waals surface area (Å²) in [6.07, 6.45) is 0.550. The normalized spacial score (nSPS) is 10.3. The van der Waals surface area contributed by atoms with Gasteiger partial charge in [0.15, 0.2) is 0 Å². The van der Waals surface area contributed by atoms with Gasteiger partial charge in [-0.1, -0.05) is 12.2 Å². The number of hydrogen-bond acceptors (Lipinski definition) is 3. The summed E-state index contributed by atoms with van der Waals surface area (Å²) in [6.45, 7) is 4.65. The van der Waals surface area contributed by atoms with Gasteiger partial charge in [-0.3, -0.25) is 9.48 Å². The second kappa shape index (κ2) is 5.77. The Morgan fingerprint density at radius 3 is 2.71 bits per heavy atom. The molecule has 0 radical (unpaired) electrons. The molecule has 0 aliphatic carbocycles. The number of nitrogens with zero attached hydrogens (tertiary/aromatic N) is 3. The van der Waals surface area contributed by atoms with Crippen LogP contribution in [-0.4, -0.2) is 39.2 Å². The molecule has 0 aliphatic rings. The lowest BCUT2D eigenvalue weighted by Gasteiger charge is -2.17. The number of rotatable bonds is 5. The number of amides is 1. The Morgan fingerprint density at radius 2 is 2.24 bits per heavy atom. The van der Waals surface area contributed by atoms with Gasteiger partial charge in [-0.2, -0.15) is 5.10 Å². The van der Waals surface area contributed by atoms with E-state index >= 15 is 0 Å². The highest BCUT2D eigenvalue weighted by Crippen LogP contribution is 2.02. The zero-order valence-electron chi connectivity index (χ0n) is 10.4. The highest BCUT2D eigenvalue weighted by Gasteiger charge is 2.11. The Labute approximate surface area is 107 Å². The third kappa shape index (κ3) is 4.14. The van der Waals surface area contributed by atoms with Crippen LogP contribution >= 0.6 is 12.2 Å². The molecule has 0 spiro atoms. The van der Waals surface area contributed by atoms with Crippen LogP contribution in [0.15, 0.2) is 6.07 Å². The van der Waals surface area contributed by atoms with Gasteiger partial charge in [-0.05, 0) is 19.9 Å². The first kappa shape index (κ1) is 13.6. The number of aromatic nitrogens is 2. The predicted molar refractivity (Wildman–Crippen MR) is 70.7 cm³/mol. The maximum absolute atomic E-state index is 11.9. The minimum absolute atomic E-state index is 0.00690. The van der Waals surface area contributed by atoms with Crippen LogP contribution in [0.25, 0.3) is 0 Å². The summed E-state index contributed by atoms with van der Waals surface area (Å²) in [5.41, 5.74) is 7.30. The van der Waals surface area contributed by atoms with E-state index in [2.05, 4.69) is 5.10 Å². The first-order chi connectivity index (χ1) is 7.90. The molecule has 1 heterocycles. The molecule has 1 amide bonds. The van der Waals surface area contributed by atoms with E-state index in [1.165, 1.54) is 0 Å². The van der Waals surface area contributed by atoms with Crippen LogP contribution in [0.4, 0.5) is 0 Å². The molecule has 1 rings (SSSR count). The molecule has 0 fully saturated rings. The molecule has 5 nitrogen and oxygen atoms in total. The Balaban J connectivity index is 2.54. The van der Waals surface area contributed by atoms with Crippen LogP contribution in [0, 0.1) is 13.8 Å². The van der Waals surface area contributed by atoms with Gasteiger partial charge in [0.1, 0.15) is 6.54 Å². The Bertz CT molecular complexity index is 427. The van der Waals surface area contributed by atoms with Gasteiger partial charge in [0.05, 0.1) is 10.7 Å². The molecule has 0 saturated carbocycles. The van der Waals surface area contributed by atoms with Gasteiger partial charge in [0, 0.05) is 25.7 Å². The highest BCUT2D eigenvalue weighted by atomic mass is 32.1. The predicted octanol–water partition coefficient (Wildman–Crippen LogP) is 0.635. The monoisotopic (exact) mass is 254 g/mol. The number of hydrogen-bond donors (Lipinski definition) is 1. The summed E-state index contributed by atoms with van der Waals surface area (Å²) < 4.78 is 1.70. The molecular formula is C11H18N4OS. The Hall–Kier alpha value is -1.43. The van der Waals surface area contributed by atoms with Gasteiger partial charge in [0.2, 0.25) is 5.91 Å². The van der Waals surface area contributed by atoms with Crippen molar-refractivity contribution in [2.45, 2.75) is 26.8 Å². The van der Waals surface area contributed by atoms with Crippen LogP contribution in [0.2, 0.25) is 0 Å². The van der Waals surface area contributed by atoms with E-state index in [0.717, 1.165) is 11.4 Å². The lowest BCUT2D eigenvalue weighted by Crippen LogP contribution is -2.33. The zero-order chi connectivity index (χ0) is 13.0. The molecule has 0 aliphatic heterocycles. The first-order valence-electron chi connectivity index (χ1n) is 5.43. The van der Waals surface area contributed by atoms with Crippen molar-refractivity contribution in [1.29, 1.82) is 0 Å². The molecule has 0 bridgehead atoms. The third-order valence-corrected chi connectivity index (χ3v) is 2.71. The zero-order valence-corrected chi connectivity index (χ0v) is 11.3. The topological polar surface area (TPSA) is 64.2 Å². The third-order valence-electron chi connectivity index (χ3n) is 2.51. The maximum atomic E-state index is 11.9. The number of aryl methyl sites for hydroxylation is 2. The summed E-state index contributed by atoms with van der Waals surface area (Å²) in [6, 6.07) is 1.95. The fraction of sp³-hybridized carbons (Fsp3) is 0.545. The number of nitrogens with two attached hydrogens (primary N) is 1. The van der Waals surface area contributed by atoms with Crippen molar-refractivity contribution in [3.05, 3.63) is 17.5 Å². The van der Waals surface area contributed by atoms with Crippen molar-refractivity contribution in [3.63, 3.8) is 0 Å². The summed E-state index contributed by atoms with van der Waals surface area (Å²) in [4.78, 5) is 13.9. The summed E-state index contributed by atoms with van der Waals surface area (Å²) >= 11 is 4.78. The minimum atomic E-state index is 0.00690. The Kier molecular flexibility index (Phi) is 4.62. The van der Waals surface area contributed by atoms with Crippen LogP contribution in [0.5, 0.6) is 0 Å². The fourth-order valence-corrected chi connectivity index (χ4v) is 1.58. The fourth-order valence-electron chi connectivity index (χ4n) is 1.49. The standard InChI is InChI=1S/C11H18N4OS/c1-8-6-9(2)15(13-8)7-11(16)14(3)5-4-10(12)17/h6H,4-5,7H2,1-3H3,(H2,12,17). The van der Waals surface area contributed by atoms with Gasteiger partial charge in [0.25, 0.3) is 0 Å². The lowest BCUT2D eigenvalue weighted by atomic mass is 10.3. The largest absolute Gasteiger partial charge is 0.393 e. The lowest BCUT2D eigenvalue weighted by molar-refractivity contribution is -0.130. The summed E-state index contributed by atoms with van der Waals surface area (Å²) in [5, 5.41) is 4.25. The molecule has 0 saturated heterocycles. The van der Waals surface area contributed by atoms with Crippen molar-refractivity contribution in [2.75, 3.05) is 13.6 Å². The molecule has 2 N–H and O–H groups in total. The molecule has 17 heavy (non-hydrogen) atoms.